The van der Waals surface area contributed by atoms with Crippen molar-refractivity contribution in [3.05, 3.63) is 62.0 Å². The van der Waals surface area contributed by atoms with Gasteiger partial charge < -0.3 is 0 Å². The maximum Gasteiger partial charge on any atom is 0.345 e. The second-order valence-corrected chi connectivity index (χ2v) is 6.93. The number of anilines is 1. The molecule has 0 saturated heterocycles. The Morgan fingerprint density at radius 3 is 2.92 bits per heavy atom. The van der Waals surface area contributed by atoms with E-state index in [-0.39, 0.29) is 20.6 Å². The average molecular weight is 373 g/mol. The normalized spacial score (nSPS) is 11.0. The molecule has 4 rings (SSSR count). The lowest BCUT2D eigenvalue weighted by Gasteiger charge is -1.97. The van der Waals surface area contributed by atoms with Crippen LogP contribution in [-0.4, -0.2) is 25.2 Å². The van der Waals surface area contributed by atoms with Crippen LogP contribution in [0.1, 0.15) is 9.67 Å². The van der Waals surface area contributed by atoms with Crippen LogP contribution in [0.25, 0.3) is 15.9 Å². The zero-order valence-corrected chi connectivity index (χ0v) is 13.8. The Kier molecular flexibility index (Phi) is 3.51. The zero-order valence-electron chi connectivity index (χ0n) is 12.2. The number of thiophene rings is 1. The van der Waals surface area contributed by atoms with Gasteiger partial charge >= 0.3 is 5.00 Å². The number of carbonyl (C=O) groups is 1. The number of hydrogen-bond acceptors (Lipinski definition) is 8. The second-order valence-electron chi connectivity index (χ2n) is 4.89. The molecule has 0 aliphatic carbocycles. The van der Waals surface area contributed by atoms with E-state index in [2.05, 4.69) is 15.3 Å². The van der Waals surface area contributed by atoms with Crippen molar-refractivity contribution in [2.45, 2.75) is 0 Å². The van der Waals surface area contributed by atoms with Crippen LogP contribution >= 0.6 is 22.7 Å². The van der Waals surface area contributed by atoms with Gasteiger partial charge in [-0.1, -0.05) is 6.07 Å². The van der Waals surface area contributed by atoms with E-state index in [1.165, 1.54) is 10.5 Å². The minimum absolute atomic E-state index is 0.115. The van der Waals surface area contributed by atoms with E-state index in [0.29, 0.717) is 15.9 Å². The highest BCUT2D eigenvalue weighted by Crippen LogP contribution is 2.27. The van der Waals surface area contributed by atoms with Crippen LogP contribution in [0.2, 0.25) is 0 Å². The predicted molar refractivity (Wildman–Crippen MR) is 93.6 cm³/mol. The van der Waals surface area contributed by atoms with Gasteiger partial charge in [-0.2, -0.15) is 0 Å². The molecule has 0 spiro atoms. The molecule has 0 aliphatic rings. The summed E-state index contributed by atoms with van der Waals surface area (Å²) >= 11 is 1.83. The van der Waals surface area contributed by atoms with Crippen molar-refractivity contribution >= 4 is 54.6 Å². The predicted octanol–water partition coefficient (Wildman–Crippen LogP) is 2.53. The van der Waals surface area contributed by atoms with E-state index < -0.39 is 10.8 Å². The molecule has 0 bridgehead atoms. The molecule has 124 valence electrons. The third kappa shape index (κ3) is 2.64. The monoisotopic (exact) mass is 373 g/mol. The first kappa shape index (κ1) is 15.4. The molecule has 0 aliphatic heterocycles. The van der Waals surface area contributed by atoms with Gasteiger partial charge in [-0.15, -0.1) is 11.3 Å². The van der Waals surface area contributed by atoms with Crippen molar-refractivity contribution < 1.29 is 9.72 Å². The lowest BCUT2D eigenvalue weighted by atomic mass is 10.3. The molecule has 4 heterocycles. The number of hydrogen-bond donors (Lipinski definition) is 1. The van der Waals surface area contributed by atoms with Gasteiger partial charge in [0.1, 0.15) is 16.7 Å². The van der Waals surface area contributed by atoms with Crippen molar-refractivity contribution in [2.24, 2.45) is 0 Å². The fourth-order valence-corrected chi connectivity index (χ4v) is 3.78. The first-order valence-electron chi connectivity index (χ1n) is 6.85. The zero-order chi connectivity index (χ0) is 17.6. The molecule has 1 amide bonds. The summed E-state index contributed by atoms with van der Waals surface area (Å²) < 4.78 is 1.40. The lowest BCUT2D eigenvalue weighted by molar-refractivity contribution is -0.380. The molecule has 0 radical (unpaired) electrons. The van der Waals surface area contributed by atoms with E-state index >= 15 is 0 Å². The van der Waals surface area contributed by atoms with E-state index in [0.717, 1.165) is 28.9 Å². The number of nitro groups is 1. The van der Waals surface area contributed by atoms with Crippen molar-refractivity contribution in [1.82, 2.24) is 14.4 Å². The number of rotatable bonds is 3. The number of thiazole rings is 1. The molecule has 0 saturated carbocycles. The summed E-state index contributed by atoms with van der Waals surface area (Å²) in [7, 11) is 0. The van der Waals surface area contributed by atoms with Crippen molar-refractivity contribution in [3.63, 3.8) is 0 Å². The molecular formula is C14H7N5O4S2. The van der Waals surface area contributed by atoms with Crippen LogP contribution in [0.5, 0.6) is 0 Å². The summed E-state index contributed by atoms with van der Waals surface area (Å²) in [6, 6.07) is 6.66. The highest BCUT2D eigenvalue weighted by molar-refractivity contribution is 7.21. The number of fused-ring (bicyclic) bond motifs is 2. The number of nitrogens with zero attached hydrogens (tertiary/aromatic N) is 4. The first-order chi connectivity index (χ1) is 12.0. The van der Waals surface area contributed by atoms with Gasteiger partial charge in [0, 0.05) is 6.20 Å². The molecule has 0 aromatic carbocycles. The number of nitrogens with one attached hydrogen (secondary N) is 1. The fraction of sp³-hybridized carbons (Fsp3) is 0. The second kappa shape index (κ2) is 5.72. The number of carbonyl (C=O) groups excluding carboxylic acids is 1. The SMILES string of the molecule is O=C(Nc1ncc([N+](=O)[O-])s1)c1cc2c(=O)n3ccccc3nc2s1. The van der Waals surface area contributed by atoms with Crippen LogP contribution in [0.15, 0.2) is 41.5 Å². The standard InChI is InChI=1S/C14H7N5O4S2/c20-11(17-14-15-6-10(25-14)19(22)23)8-5-7-12(24-8)16-9-3-1-2-4-18(9)13(7)21/h1-6H,(H,15,17,20). The van der Waals surface area contributed by atoms with Gasteiger partial charge in [0.15, 0.2) is 5.13 Å². The van der Waals surface area contributed by atoms with Crippen LogP contribution in [0.4, 0.5) is 10.1 Å². The molecule has 9 nitrogen and oxygen atoms in total. The highest BCUT2D eigenvalue weighted by Gasteiger charge is 2.18. The van der Waals surface area contributed by atoms with Crippen LogP contribution in [-0.2, 0) is 0 Å². The fourth-order valence-electron chi connectivity index (χ4n) is 2.23. The number of aromatic nitrogens is 3. The molecule has 4 aromatic rings. The van der Waals surface area contributed by atoms with E-state index in [4.69, 9.17) is 0 Å². The molecule has 11 heteroatoms. The average Bonchev–Trinajstić information content (AvgIpc) is 3.22. The van der Waals surface area contributed by atoms with Gasteiger partial charge in [0.2, 0.25) is 0 Å². The number of pyridine rings is 1. The largest absolute Gasteiger partial charge is 0.345 e. The third-order valence-corrected chi connectivity index (χ3v) is 5.23. The van der Waals surface area contributed by atoms with Crippen LogP contribution in [0.3, 0.4) is 0 Å². The highest BCUT2D eigenvalue weighted by atomic mass is 32.1. The van der Waals surface area contributed by atoms with Gasteiger partial charge in [0.25, 0.3) is 11.5 Å². The molecule has 25 heavy (non-hydrogen) atoms. The van der Waals surface area contributed by atoms with Gasteiger partial charge in [-0.3, -0.25) is 29.4 Å². The Morgan fingerprint density at radius 1 is 1.32 bits per heavy atom. The first-order valence-corrected chi connectivity index (χ1v) is 8.49. The molecule has 0 fully saturated rings. The van der Waals surface area contributed by atoms with Crippen LogP contribution < -0.4 is 10.9 Å². The Hall–Kier alpha value is -3.18. The Balaban J connectivity index is 1.72. The summed E-state index contributed by atoms with van der Waals surface area (Å²) in [5.41, 5.74) is 0.227. The maximum atomic E-state index is 12.5. The van der Waals surface area contributed by atoms with E-state index in [9.17, 15) is 19.7 Å². The maximum absolute atomic E-state index is 12.5. The summed E-state index contributed by atoms with van der Waals surface area (Å²) in [5.74, 6) is -0.499. The van der Waals surface area contributed by atoms with Gasteiger partial charge in [-0.05, 0) is 29.5 Å². The quantitative estimate of drug-likeness (QED) is 0.435. The smallest absolute Gasteiger partial charge is 0.297 e. The molecule has 1 N–H and O–H groups in total. The van der Waals surface area contributed by atoms with Crippen molar-refractivity contribution in [1.29, 1.82) is 0 Å². The molecule has 4 aromatic heterocycles. The van der Waals surface area contributed by atoms with E-state index in [1.807, 2.05) is 0 Å². The summed E-state index contributed by atoms with van der Waals surface area (Å²) in [5, 5.41) is 13.4. The van der Waals surface area contributed by atoms with Crippen LogP contribution in [0, 0.1) is 10.1 Å². The third-order valence-electron chi connectivity index (χ3n) is 3.33. The molecular weight excluding hydrogens is 366 g/mol. The van der Waals surface area contributed by atoms with Gasteiger partial charge in [-0.25, -0.2) is 9.97 Å². The summed E-state index contributed by atoms with van der Waals surface area (Å²) in [6.07, 6.45) is 2.68. The van der Waals surface area contributed by atoms with Gasteiger partial charge in [0.05, 0.1) is 15.2 Å². The number of amides is 1. The minimum atomic E-state index is -0.580. The van der Waals surface area contributed by atoms with Crippen molar-refractivity contribution in [2.75, 3.05) is 5.32 Å². The Morgan fingerprint density at radius 2 is 2.16 bits per heavy atom. The van der Waals surface area contributed by atoms with Crippen molar-refractivity contribution in [3.8, 4) is 0 Å². The van der Waals surface area contributed by atoms with E-state index in [1.54, 1.807) is 24.4 Å². The topological polar surface area (TPSA) is 119 Å². The molecule has 0 unspecified atom stereocenters. The Labute approximate surface area is 146 Å². The minimum Gasteiger partial charge on any atom is -0.297 e. The Bertz CT molecular complexity index is 1210. The molecule has 0 atom stereocenters. The lowest BCUT2D eigenvalue weighted by Crippen LogP contribution is -2.13. The summed E-state index contributed by atoms with van der Waals surface area (Å²) in [4.78, 5) is 43.8. The summed E-state index contributed by atoms with van der Waals surface area (Å²) in [6.45, 7) is 0.